The van der Waals surface area contributed by atoms with Gasteiger partial charge in [0, 0.05) is 6.92 Å². The lowest BCUT2D eigenvalue weighted by Crippen LogP contribution is -2.14. The van der Waals surface area contributed by atoms with Crippen molar-refractivity contribution in [3.05, 3.63) is 24.3 Å². The summed E-state index contributed by atoms with van der Waals surface area (Å²) in [5.41, 5.74) is 0.635. The number of nitrogens with zero attached hydrogens (tertiary/aromatic N) is 2. The van der Waals surface area contributed by atoms with Gasteiger partial charge in [0.2, 0.25) is 16.9 Å². The Kier molecular flexibility index (Phi) is 6.36. The van der Waals surface area contributed by atoms with Gasteiger partial charge in [-0.05, 0) is 19.1 Å². The second kappa shape index (κ2) is 8.49. The van der Waals surface area contributed by atoms with Crippen LogP contribution in [0.4, 0.5) is 10.8 Å². The summed E-state index contributed by atoms with van der Waals surface area (Å²) in [7, 11) is 0. The van der Waals surface area contributed by atoms with E-state index < -0.39 is 0 Å². The molecule has 0 saturated heterocycles. The van der Waals surface area contributed by atoms with Gasteiger partial charge in [-0.3, -0.25) is 9.59 Å². The topological polar surface area (TPSA) is 93.2 Å². The predicted octanol–water partition coefficient (Wildman–Crippen LogP) is 2.63. The Bertz CT molecular complexity index is 690. The van der Waals surface area contributed by atoms with Crippen LogP contribution < -0.4 is 15.4 Å². The second-order valence-corrected chi connectivity index (χ2v) is 6.52. The SMILES string of the molecule is CCOc1ccccc1NC(=O)CSc1nnc(NC(C)=O)s1. The van der Waals surface area contributed by atoms with Gasteiger partial charge < -0.3 is 15.4 Å². The zero-order valence-electron chi connectivity index (χ0n) is 12.7. The third-order valence-corrected chi connectivity index (χ3v) is 4.45. The Hall–Kier alpha value is -2.13. The van der Waals surface area contributed by atoms with Gasteiger partial charge in [-0.1, -0.05) is 35.2 Å². The lowest BCUT2D eigenvalue weighted by molar-refractivity contribution is -0.114. The number of rotatable bonds is 7. The van der Waals surface area contributed by atoms with Crippen LogP contribution in [0.3, 0.4) is 0 Å². The lowest BCUT2D eigenvalue weighted by Gasteiger charge is -2.10. The first-order chi connectivity index (χ1) is 11.1. The quantitative estimate of drug-likeness (QED) is 0.588. The molecule has 0 radical (unpaired) electrons. The van der Waals surface area contributed by atoms with Gasteiger partial charge in [-0.2, -0.15) is 0 Å². The average molecular weight is 352 g/mol. The normalized spacial score (nSPS) is 10.2. The molecule has 0 aliphatic carbocycles. The number of carbonyl (C=O) groups excluding carboxylic acids is 2. The van der Waals surface area contributed by atoms with Crippen LogP contribution in [-0.4, -0.2) is 34.4 Å². The Morgan fingerprint density at radius 1 is 1.26 bits per heavy atom. The fourth-order valence-corrected chi connectivity index (χ4v) is 3.23. The Morgan fingerprint density at radius 3 is 2.78 bits per heavy atom. The number of carbonyl (C=O) groups is 2. The van der Waals surface area contributed by atoms with Crippen molar-refractivity contribution in [3.63, 3.8) is 0 Å². The smallest absolute Gasteiger partial charge is 0.234 e. The molecule has 1 heterocycles. The summed E-state index contributed by atoms with van der Waals surface area (Å²) in [5, 5.41) is 13.5. The molecule has 0 aliphatic rings. The molecule has 0 unspecified atom stereocenters. The molecule has 0 atom stereocenters. The van der Waals surface area contributed by atoms with Crippen molar-refractivity contribution in [2.45, 2.75) is 18.2 Å². The van der Waals surface area contributed by atoms with E-state index in [0.717, 1.165) is 0 Å². The first-order valence-electron chi connectivity index (χ1n) is 6.84. The lowest BCUT2D eigenvalue weighted by atomic mass is 10.3. The minimum Gasteiger partial charge on any atom is -0.492 e. The first kappa shape index (κ1) is 17.2. The summed E-state index contributed by atoms with van der Waals surface area (Å²) in [6, 6.07) is 7.26. The summed E-state index contributed by atoms with van der Waals surface area (Å²) in [4.78, 5) is 22.9. The van der Waals surface area contributed by atoms with Crippen molar-refractivity contribution in [1.82, 2.24) is 10.2 Å². The van der Waals surface area contributed by atoms with Crippen molar-refractivity contribution in [2.24, 2.45) is 0 Å². The highest BCUT2D eigenvalue weighted by molar-refractivity contribution is 8.01. The number of nitrogens with one attached hydrogen (secondary N) is 2. The van der Waals surface area contributed by atoms with Crippen LogP contribution in [0.5, 0.6) is 5.75 Å². The number of amides is 2. The van der Waals surface area contributed by atoms with Gasteiger partial charge in [-0.25, -0.2) is 0 Å². The highest BCUT2D eigenvalue weighted by Gasteiger charge is 2.11. The summed E-state index contributed by atoms with van der Waals surface area (Å²) >= 11 is 2.48. The minimum atomic E-state index is -0.206. The first-order valence-corrected chi connectivity index (χ1v) is 8.64. The van der Waals surface area contributed by atoms with Crippen LogP contribution in [0.15, 0.2) is 28.6 Å². The Morgan fingerprint density at radius 2 is 2.04 bits per heavy atom. The summed E-state index contributed by atoms with van der Waals surface area (Å²) in [6.45, 7) is 3.81. The Labute approximate surface area is 141 Å². The zero-order valence-corrected chi connectivity index (χ0v) is 14.3. The number of ether oxygens (including phenoxy) is 1. The van der Waals surface area contributed by atoms with Gasteiger partial charge in [0.25, 0.3) is 0 Å². The van der Waals surface area contributed by atoms with E-state index in [2.05, 4.69) is 20.8 Å². The highest BCUT2D eigenvalue weighted by atomic mass is 32.2. The molecule has 2 amide bonds. The van der Waals surface area contributed by atoms with Crippen LogP contribution in [0, 0.1) is 0 Å². The summed E-state index contributed by atoms with van der Waals surface area (Å²) in [6.07, 6.45) is 0. The molecule has 0 fully saturated rings. The molecular formula is C14H16N4O3S2. The van der Waals surface area contributed by atoms with Crippen molar-refractivity contribution in [3.8, 4) is 5.75 Å². The predicted molar refractivity (Wildman–Crippen MR) is 91.2 cm³/mol. The molecule has 1 aromatic heterocycles. The monoisotopic (exact) mass is 352 g/mol. The van der Waals surface area contributed by atoms with Crippen LogP contribution in [0.25, 0.3) is 0 Å². The number of hydrogen-bond acceptors (Lipinski definition) is 7. The number of aromatic nitrogens is 2. The average Bonchev–Trinajstić information content (AvgIpc) is 2.94. The van der Waals surface area contributed by atoms with E-state index in [1.54, 1.807) is 12.1 Å². The molecule has 2 aromatic rings. The minimum absolute atomic E-state index is 0.168. The van der Waals surface area contributed by atoms with Crippen molar-refractivity contribution >= 4 is 45.7 Å². The van der Waals surface area contributed by atoms with Gasteiger partial charge in [0.05, 0.1) is 18.0 Å². The maximum Gasteiger partial charge on any atom is 0.234 e. The number of benzene rings is 1. The third kappa shape index (κ3) is 5.53. The molecule has 0 bridgehead atoms. The summed E-state index contributed by atoms with van der Waals surface area (Å²) in [5.74, 6) is 0.452. The third-order valence-electron chi connectivity index (χ3n) is 2.48. The van der Waals surface area contributed by atoms with E-state index in [1.807, 2.05) is 19.1 Å². The van der Waals surface area contributed by atoms with Gasteiger partial charge in [0.15, 0.2) is 4.34 Å². The molecule has 2 N–H and O–H groups in total. The van der Waals surface area contributed by atoms with E-state index in [-0.39, 0.29) is 17.6 Å². The molecular weight excluding hydrogens is 336 g/mol. The van der Waals surface area contributed by atoms with Crippen LogP contribution in [0.1, 0.15) is 13.8 Å². The Balaban J connectivity index is 1.88. The fourth-order valence-electron chi connectivity index (χ4n) is 1.63. The fraction of sp³-hybridized carbons (Fsp3) is 0.286. The largest absolute Gasteiger partial charge is 0.492 e. The summed E-state index contributed by atoms with van der Waals surface area (Å²) < 4.78 is 6.07. The van der Waals surface area contributed by atoms with E-state index in [9.17, 15) is 9.59 Å². The zero-order chi connectivity index (χ0) is 16.7. The van der Waals surface area contributed by atoms with Crippen molar-refractivity contribution < 1.29 is 14.3 Å². The van der Waals surface area contributed by atoms with E-state index >= 15 is 0 Å². The number of para-hydroxylation sites is 2. The number of thioether (sulfide) groups is 1. The van der Waals surface area contributed by atoms with Crippen LogP contribution >= 0.6 is 23.1 Å². The van der Waals surface area contributed by atoms with Gasteiger partial charge >= 0.3 is 0 Å². The standard InChI is InChI=1S/C14H16N4O3S2/c1-3-21-11-7-5-4-6-10(11)16-12(20)8-22-14-18-17-13(23-14)15-9(2)19/h4-7H,3,8H2,1-2H3,(H,16,20)(H,15,17,19). The highest BCUT2D eigenvalue weighted by Crippen LogP contribution is 2.27. The van der Waals surface area contributed by atoms with E-state index in [1.165, 1.54) is 30.0 Å². The molecule has 23 heavy (non-hydrogen) atoms. The molecule has 1 aromatic carbocycles. The molecule has 122 valence electrons. The van der Waals surface area contributed by atoms with E-state index in [4.69, 9.17) is 4.74 Å². The molecule has 0 aliphatic heterocycles. The molecule has 2 rings (SSSR count). The van der Waals surface area contributed by atoms with Crippen molar-refractivity contribution in [1.29, 1.82) is 0 Å². The number of anilines is 2. The molecule has 9 heteroatoms. The number of hydrogen-bond donors (Lipinski definition) is 2. The van der Waals surface area contributed by atoms with Gasteiger partial charge in [0.1, 0.15) is 5.75 Å². The van der Waals surface area contributed by atoms with Crippen LogP contribution in [0.2, 0.25) is 0 Å². The van der Waals surface area contributed by atoms with Crippen molar-refractivity contribution in [2.75, 3.05) is 23.0 Å². The maximum atomic E-state index is 12.0. The van der Waals surface area contributed by atoms with Gasteiger partial charge in [-0.15, -0.1) is 10.2 Å². The maximum absolute atomic E-state index is 12.0. The van der Waals surface area contributed by atoms with E-state index in [0.29, 0.717) is 27.5 Å². The second-order valence-electron chi connectivity index (χ2n) is 4.32. The molecule has 0 saturated carbocycles. The van der Waals surface area contributed by atoms with Crippen LogP contribution in [-0.2, 0) is 9.59 Å². The molecule has 7 nitrogen and oxygen atoms in total. The molecule has 0 spiro atoms.